The number of carbonyl (C=O) groups is 2. The maximum Gasteiger partial charge on any atom is 0.310 e. The van der Waals surface area contributed by atoms with Gasteiger partial charge in [-0.2, -0.15) is 0 Å². The molecule has 0 saturated heterocycles. The SMILES string of the molecule is C=CCN(CC(C)C(=O)OC)C(=O)c1ccccc1OC. The molecule has 0 aliphatic rings. The second kappa shape index (κ2) is 8.09. The average Bonchev–Trinajstić information content (AvgIpc) is 2.52. The summed E-state index contributed by atoms with van der Waals surface area (Å²) in [6.07, 6.45) is 1.62. The molecule has 0 bridgehead atoms. The summed E-state index contributed by atoms with van der Waals surface area (Å²) in [6.45, 7) is 5.97. The van der Waals surface area contributed by atoms with Crippen LogP contribution in [0.5, 0.6) is 5.75 Å². The Kier molecular flexibility index (Phi) is 6.46. The van der Waals surface area contributed by atoms with Gasteiger partial charge in [-0.15, -0.1) is 6.58 Å². The quantitative estimate of drug-likeness (QED) is 0.570. The third kappa shape index (κ3) is 4.34. The number of carbonyl (C=O) groups excluding carboxylic acids is 2. The lowest BCUT2D eigenvalue weighted by Crippen LogP contribution is -2.37. The lowest BCUT2D eigenvalue weighted by molar-refractivity contribution is -0.145. The van der Waals surface area contributed by atoms with E-state index < -0.39 is 5.92 Å². The molecule has 1 aromatic carbocycles. The van der Waals surface area contributed by atoms with Crippen molar-refractivity contribution in [3.8, 4) is 5.75 Å². The first-order valence-electron chi connectivity index (χ1n) is 6.66. The molecule has 0 radical (unpaired) electrons. The van der Waals surface area contributed by atoms with Gasteiger partial charge < -0.3 is 14.4 Å². The molecule has 0 fully saturated rings. The van der Waals surface area contributed by atoms with Gasteiger partial charge in [0.25, 0.3) is 5.91 Å². The minimum Gasteiger partial charge on any atom is -0.496 e. The standard InChI is InChI=1S/C16H21NO4/c1-5-10-17(11-12(2)16(19)21-4)15(18)13-8-6-7-9-14(13)20-3/h5-9,12H,1,10-11H2,2-4H3. The molecule has 1 amide bonds. The highest BCUT2D eigenvalue weighted by molar-refractivity contribution is 5.97. The van der Waals surface area contributed by atoms with Gasteiger partial charge >= 0.3 is 5.97 Å². The number of para-hydroxylation sites is 1. The number of methoxy groups -OCH3 is 2. The Labute approximate surface area is 125 Å². The maximum atomic E-state index is 12.6. The number of hydrogen-bond acceptors (Lipinski definition) is 4. The summed E-state index contributed by atoms with van der Waals surface area (Å²) < 4.78 is 9.90. The zero-order chi connectivity index (χ0) is 15.8. The zero-order valence-corrected chi connectivity index (χ0v) is 12.7. The van der Waals surface area contributed by atoms with Crippen molar-refractivity contribution in [3.05, 3.63) is 42.5 Å². The molecular weight excluding hydrogens is 270 g/mol. The number of nitrogens with zero attached hydrogens (tertiary/aromatic N) is 1. The van der Waals surface area contributed by atoms with Crippen molar-refractivity contribution >= 4 is 11.9 Å². The van der Waals surface area contributed by atoms with Crippen LogP contribution in [0.25, 0.3) is 0 Å². The number of esters is 1. The Morgan fingerprint density at radius 1 is 1.33 bits per heavy atom. The summed E-state index contributed by atoms with van der Waals surface area (Å²) in [5, 5.41) is 0. The van der Waals surface area contributed by atoms with Crippen LogP contribution in [0, 0.1) is 5.92 Å². The molecular formula is C16H21NO4. The van der Waals surface area contributed by atoms with Crippen LogP contribution in [0.15, 0.2) is 36.9 Å². The second-order valence-corrected chi connectivity index (χ2v) is 4.62. The summed E-state index contributed by atoms with van der Waals surface area (Å²) in [6, 6.07) is 6.99. The van der Waals surface area contributed by atoms with Crippen molar-refractivity contribution in [1.82, 2.24) is 4.90 Å². The maximum absolute atomic E-state index is 12.6. The highest BCUT2D eigenvalue weighted by Gasteiger charge is 2.23. The van der Waals surface area contributed by atoms with Crippen LogP contribution in [0.3, 0.4) is 0 Å². The molecule has 5 nitrogen and oxygen atoms in total. The van der Waals surface area contributed by atoms with Gasteiger partial charge in [-0.05, 0) is 12.1 Å². The fraction of sp³-hybridized carbons (Fsp3) is 0.375. The first kappa shape index (κ1) is 16.8. The van der Waals surface area contributed by atoms with Gasteiger partial charge in [0.2, 0.25) is 0 Å². The number of ether oxygens (including phenoxy) is 2. The highest BCUT2D eigenvalue weighted by atomic mass is 16.5. The van der Waals surface area contributed by atoms with Gasteiger partial charge in [0, 0.05) is 13.1 Å². The zero-order valence-electron chi connectivity index (χ0n) is 12.7. The minimum atomic E-state index is -0.409. The van der Waals surface area contributed by atoms with Gasteiger partial charge in [0.15, 0.2) is 0 Å². The molecule has 0 heterocycles. The van der Waals surface area contributed by atoms with E-state index in [1.54, 1.807) is 42.2 Å². The Balaban J connectivity index is 2.96. The van der Waals surface area contributed by atoms with Gasteiger partial charge in [0.05, 0.1) is 25.7 Å². The lowest BCUT2D eigenvalue weighted by Gasteiger charge is -2.24. The van der Waals surface area contributed by atoms with E-state index in [1.807, 2.05) is 0 Å². The normalized spacial score (nSPS) is 11.4. The van der Waals surface area contributed by atoms with Crippen LogP contribution in [0.4, 0.5) is 0 Å². The van der Waals surface area contributed by atoms with Crippen LogP contribution >= 0.6 is 0 Å². The number of hydrogen-bond donors (Lipinski definition) is 0. The number of rotatable bonds is 7. The van der Waals surface area contributed by atoms with Crippen molar-refractivity contribution in [2.75, 3.05) is 27.3 Å². The van der Waals surface area contributed by atoms with Crippen LogP contribution < -0.4 is 4.74 Å². The molecule has 0 saturated carbocycles. The van der Waals surface area contributed by atoms with Crippen molar-refractivity contribution in [2.24, 2.45) is 5.92 Å². The van der Waals surface area contributed by atoms with E-state index in [0.717, 1.165) is 0 Å². The topological polar surface area (TPSA) is 55.8 Å². The van der Waals surface area contributed by atoms with Gasteiger partial charge in [-0.3, -0.25) is 9.59 Å². The van der Waals surface area contributed by atoms with E-state index in [1.165, 1.54) is 14.2 Å². The van der Waals surface area contributed by atoms with Gasteiger partial charge in [-0.1, -0.05) is 25.1 Å². The van der Waals surface area contributed by atoms with E-state index >= 15 is 0 Å². The average molecular weight is 291 g/mol. The summed E-state index contributed by atoms with van der Waals surface area (Å²) in [7, 11) is 2.85. The molecule has 1 aromatic rings. The number of benzene rings is 1. The molecule has 0 spiro atoms. The lowest BCUT2D eigenvalue weighted by atomic mass is 10.1. The largest absolute Gasteiger partial charge is 0.496 e. The molecule has 1 rings (SSSR count). The smallest absolute Gasteiger partial charge is 0.310 e. The molecule has 1 atom stereocenters. The Hall–Kier alpha value is -2.30. The Morgan fingerprint density at radius 3 is 2.57 bits per heavy atom. The monoisotopic (exact) mass is 291 g/mol. The molecule has 5 heteroatoms. The molecule has 0 N–H and O–H groups in total. The van der Waals surface area contributed by atoms with E-state index in [2.05, 4.69) is 6.58 Å². The molecule has 21 heavy (non-hydrogen) atoms. The first-order chi connectivity index (χ1) is 10.0. The summed E-state index contributed by atoms with van der Waals surface area (Å²) in [5.74, 6) is -0.462. The minimum absolute atomic E-state index is 0.205. The van der Waals surface area contributed by atoms with Gasteiger partial charge in [-0.25, -0.2) is 0 Å². The van der Waals surface area contributed by atoms with Crippen molar-refractivity contribution in [3.63, 3.8) is 0 Å². The van der Waals surface area contributed by atoms with E-state index in [0.29, 0.717) is 17.9 Å². The first-order valence-corrected chi connectivity index (χ1v) is 6.66. The van der Waals surface area contributed by atoms with Crippen LogP contribution in [-0.2, 0) is 9.53 Å². The van der Waals surface area contributed by atoms with Crippen molar-refractivity contribution in [1.29, 1.82) is 0 Å². The summed E-state index contributed by atoms with van der Waals surface area (Å²) in [4.78, 5) is 25.7. The third-order valence-corrected chi connectivity index (χ3v) is 3.07. The van der Waals surface area contributed by atoms with E-state index in [9.17, 15) is 9.59 Å². The Bertz CT molecular complexity index is 513. The second-order valence-electron chi connectivity index (χ2n) is 4.62. The molecule has 0 aliphatic heterocycles. The van der Waals surface area contributed by atoms with E-state index in [4.69, 9.17) is 9.47 Å². The molecule has 0 aromatic heterocycles. The highest BCUT2D eigenvalue weighted by Crippen LogP contribution is 2.20. The number of amides is 1. The fourth-order valence-corrected chi connectivity index (χ4v) is 1.99. The summed E-state index contributed by atoms with van der Waals surface area (Å²) in [5.41, 5.74) is 0.457. The Morgan fingerprint density at radius 2 is 2.00 bits per heavy atom. The third-order valence-electron chi connectivity index (χ3n) is 3.07. The predicted octanol–water partition coefficient (Wildman–Crippen LogP) is 2.13. The van der Waals surface area contributed by atoms with Crippen LogP contribution in [0.2, 0.25) is 0 Å². The van der Waals surface area contributed by atoms with Crippen LogP contribution in [-0.4, -0.2) is 44.1 Å². The van der Waals surface area contributed by atoms with Gasteiger partial charge in [0.1, 0.15) is 5.75 Å². The molecule has 1 unspecified atom stereocenters. The summed E-state index contributed by atoms with van der Waals surface area (Å²) >= 11 is 0. The predicted molar refractivity (Wildman–Crippen MR) is 80.3 cm³/mol. The van der Waals surface area contributed by atoms with Crippen LogP contribution in [0.1, 0.15) is 17.3 Å². The molecule has 114 valence electrons. The fourth-order valence-electron chi connectivity index (χ4n) is 1.99. The van der Waals surface area contributed by atoms with Crippen molar-refractivity contribution < 1.29 is 19.1 Å². The van der Waals surface area contributed by atoms with Crippen molar-refractivity contribution in [2.45, 2.75) is 6.92 Å². The molecule has 0 aliphatic carbocycles. The van der Waals surface area contributed by atoms with E-state index in [-0.39, 0.29) is 18.4 Å².